The van der Waals surface area contributed by atoms with Crippen LogP contribution in [0.2, 0.25) is 0 Å². The van der Waals surface area contributed by atoms with E-state index in [0.717, 1.165) is 22.4 Å². The van der Waals surface area contributed by atoms with Crippen LogP contribution in [0.15, 0.2) is 48.5 Å². The number of hydrogen-bond donors (Lipinski definition) is 1. The summed E-state index contributed by atoms with van der Waals surface area (Å²) in [6.45, 7) is 6.39. The maximum Gasteiger partial charge on any atom is 0.242 e. The first-order chi connectivity index (χ1) is 11.0. The van der Waals surface area contributed by atoms with Crippen LogP contribution >= 0.6 is 11.6 Å². The molecule has 122 valence electrons. The van der Waals surface area contributed by atoms with Crippen molar-refractivity contribution in [1.29, 1.82) is 0 Å². The SMILES string of the molecule is Cc1cc(C)cc(OC(C)CNC(=O)C(Cl)c2ccccc2)c1. The molecule has 3 nitrogen and oxygen atoms in total. The zero-order valence-electron chi connectivity index (χ0n) is 13.7. The first kappa shape index (κ1) is 17.4. The number of alkyl halides is 1. The van der Waals surface area contributed by atoms with E-state index in [2.05, 4.69) is 11.4 Å². The Kier molecular flexibility index (Phi) is 6.05. The van der Waals surface area contributed by atoms with Gasteiger partial charge in [-0.1, -0.05) is 36.4 Å². The van der Waals surface area contributed by atoms with Gasteiger partial charge in [0.1, 0.15) is 17.2 Å². The second kappa shape index (κ2) is 8.02. The van der Waals surface area contributed by atoms with E-state index in [9.17, 15) is 4.79 Å². The number of rotatable bonds is 6. The molecule has 2 rings (SSSR count). The third-order valence-corrected chi connectivity index (χ3v) is 3.87. The molecule has 2 aromatic rings. The van der Waals surface area contributed by atoms with E-state index in [1.165, 1.54) is 0 Å². The summed E-state index contributed by atoms with van der Waals surface area (Å²) < 4.78 is 5.85. The van der Waals surface area contributed by atoms with E-state index in [1.54, 1.807) is 0 Å². The van der Waals surface area contributed by atoms with Gasteiger partial charge in [0.25, 0.3) is 0 Å². The normalized spacial score (nSPS) is 13.2. The highest BCUT2D eigenvalue weighted by atomic mass is 35.5. The summed E-state index contributed by atoms with van der Waals surface area (Å²) in [5, 5.41) is 2.14. The van der Waals surface area contributed by atoms with Crippen molar-refractivity contribution in [2.24, 2.45) is 0 Å². The molecule has 0 aromatic heterocycles. The van der Waals surface area contributed by atoms with E-state index >= 15 is 0 Å². The lowest BCUT2D eigenvalue weighted by atomic mass is 10.1. The lowest BCUT2D eigenvalue weighted by Gasteiger charge is -2.17. The van der Waals surface area contributed by atoms with Crippen LogP contribution in [0.3, 0.4) is 0 Å². The Morgan fingerprint density at radius 1 is 1.13 bits per heavy atom. The molecule has 0 saturated heterocycles. The molecule has 0 saturated carbocycles. The third kappa shape index (κ3) is 5.29. The maximum atomic E-state index is 12.1. The van der Waals surface area contributed by atoms with Crippen molar-refractivity contribution in [1.82, 2.24) is 5.32 Å². The van der Waals surface area contributed by atoms with Gasteiger partial charge in [0, 0.05) is 0 Å². The molecule has 0 fully saturated rings. The van der Waals surface area contributed by atoms with Crippen LogP contribution < -0.4 is 10.1 Å². The highest BCUT2D eigenvalue weighted by Crippen LogP contribution is 2.20. The van der Waals surface area contributed by atoms with Crippen molar-refractivity contribution in [2.75, 3.05) is 6.54 Å². The van der Waals surface area contributed by atoms with E-state index in [0.29, 0.717) is 6.54 Å². The fourth-order valence-electron chi connectivity index (χ4n) is 2.38. The zero-order valence-corrected chi connectivity index (χ0v) is 14.4. The van der Waals surface area contributed by atoms with Crippen LogP contribution in [0.1, 0.15) is 29.0 Å². The summed E-state index contributed by atoms with van der Waals surface area (Å²) in [6, 6.07) is 15.4. The van der Waals surface area contributed by atoms with Gasteiger partial charge in [-0.2, -0.15) is 0 Å². The van der Waals surface area contributed by atoms with Gasteiger partial charge in [-0.05, 0) is 49.6 Å². The summed E-state index contributed by atoms with van der Waals surface area (Å²) in [5.41, 5.74) is 3.09. The number of ether oxygens (including phenoxy) is 1. The van der Waals surface area contributed by atoms with Gasteiger partial charge in [-0.3, -0.25) is 4.79 Å². The van der Waals surface area contributed by atoms with Gasteiger partial charge in [-0.25, -0.2) is 0 Å². The molecule has 0 radical (unpaired) electrons. The van der Waals surface area contributed by atoms with Crippen molar-refractivity contribution in [3.8, 4) is 5.75 Å². The van der Waals surface area contributed by atoms with Gasteiger partial charge in [0.15, 0.2) is 0 Å². The largest absolute Gasteiger partial charge is 0.489 e. The molecular formula is C19H22ClNO2. The second-order valence-corrected chi connectivity index (χ2v) is 6.21. The van der Waals surface area contributed by atoms with Gasteiger partial charge >= 0.3 is 0 Å². The number of benzene rings is 2. The highest BCUT2D eigenvalue weighted by Gasteiger charge is 2.18. The zero-order chi connectivity index (χ0) is 16.8. The molecule has 2 unspecified atom stereocenters. The molecule has 0 aliphatic carbocycles. The maximum absolute atomic E-state index is 12.1. The minimum Gasteiger partial charge on any atom is -0.489 e. The molecule has 0 aliphatic rings. The Balaban J connectivity index is 1.86. The molecule has 1 N–H and O–H groups in total. The van der Waals surface area contributed by atoms with Crippen LogP contribution in [0.25, 0.3) is 0 Å². The first-order valence-corrected chi connectivity index (χ1v) is 8.11. The van der Waals surface area contributed by atoms with Crippen LogP contribution in [-0.4, -0.2) is 18.6 Å². The Hall–Kier alpha value is -2.00. The van der Waals surface area contributed by atoms with Crippen molar-refractivity contribution in [3.05, 3.63) is 65.2 Å². The van der Waals surface area contributed by atoms with Crippen molar-refractivity contribution in [3.63, 3.8) is 0 Å². The van der Waals surface area contributed by atoms with E-state index in [-0.39, 0.29) is 12.0 Å². The van der Waals surface area contributed by atoms with E-state index in [1.807, 2.05) is 63.2 Å². The molecular weight excluding hydrogens is 310 g/mol. The molecule has 4 heteroatoms. The third-order valence-electron chi connectivity index (χ3n) is 3.42. The number of carbonyl (C=O) groups is 1. The van der Waals surface area contributed by atoms with Crippen LogP contribution in [0.5, 0.6) is 5.75 Å². The van der Waals surface area contributed by atoms with E-state index < -0.39 is 5.38 Å². The monoisotopic (exact) mass is 331 g/mol. The molecule has 2 aromatic carbocycles. The van der Waals surface area contributed by atoms with Gasteiger partial charge in [0.2, 0.25) is 5.91 Å². The summed E-state index contributed by atoms with van der Waals surface area (Å²) >= 11 is 6.19. The molecule has 0 bridgehead atoms. The number of hydrogen-bond acceptors (Lipinski definition) is 2. The fourth-order valence-corrected chi connectivity index (χ4v) is 2.60. The number of carbonyl (C=O) groups excluding carboxylic acids is 1. The Morgan fingerprint density at radius 2 is 1.74 bits per heavy atom. The van der Waals surface area contributed by atoms with Gasteiger partial charge in [0.05, 0.1) is 6.54 Å². The number of halogens is 1. The second-order valence-electron chi connectivity index (χ2n) is 5.77. The number of amides is 1. The lowest BCUT2D eigenvalue weighted by Crippen LogP contribution is -2.35. The molecule has 0 heterocycles. The summed E-state index contributed by atoms with van der Waals surface area (Å²) in [4.78, 5) is 12.1. The Morgan fingerprint density at radius 3 is 2.35 bits per heavy atom. The summed E-state index contributed by atoms with van der Waals surface area (Å²) in [5.74, 6) is 0.600. The number of aryl methyl sites for hydroxylation is 2. The standard InChI is InChI=1S/C19H22ClNO2/c1-13-9-14(2)11-17(10-13)23-15(3)12-21-19(22)18(20)16-7-5-4-6-8-16/h4-11,15,18H,12H2,1-3H3,(H,21,22). The quantitative estimate of drug-likeness (QED) is 0.807. The van der Waals surface area contributed by atoms with Crippen LogP contribution in [0.4, 0.5) is 0 Å². The predicted octanol–water partition coefficient (Wildman–Crippen LogP) is 4.17. The van der Waals surface area contributed by atoms with Gasteiger partial charge < -0.3 is 10.1 Å². The van der Waals surface area contributed by atoms with Crippen molar-refractivity contribution < 1.29 is 9.53 Å². The predicted molar refractivity (Wildman–Crippen MR) is 94.1 cm³/mol. The minimum atomic E-state index is -0.690. The average Bonchev–Trinajstić information content (AvgIpc) is 2.51. The number of nitrogens with one attached hydrogen (secondary N) is 1. The van der Waals surface area contributed by atoms with Crippen LogP contribution in [0, 0.1) is 13.8 Å². The molecule has 0 aliphatic heterocycles. The van der Waals surface area contributed by atoms with Crippen LogP contribution in [-0.2, 0) is 4.79 Å². The molecule has 0 spiro atoms. The van der Waals surface area contributed by atoms with Gasteiger partial charge in [-0.15, -0.1) is 11.6 Å². The summed E-state index contributed by atoms with van der Waals surface area (Å²) in [6.07, 6.45) is -0.139. The fraction of sp³-hybridized carbons (Fsp3) is 0.316. The highest BCUT2D eigenvalue weighted by molar-refractivity contribution is 6.30. The lowest BCUT2D eigenvalue weighted by molar-refractivity contribution is -0.121. The Bertz CT molecular complexity index is 637. The van der Waals surface area contributed by atoms with E-state index in [4.69, 9.17) is 16.3 Å². The topological polar surface area (TPSA) is 38.3 Å². The molecule has 2 atom stereocenters. The van der Waals surface area contributed by atoms with Crippen molar-refractivity contribution in [2.45, 2.75) is 32.3 Å². The Labute approximate surface area is 142 Å². The first-order valence-electron chi connectivity index (χ1n) is 7.67. The molecule has 1 amide bonds. The summed E-state index contributed by atoms with van der Waals surface area (Å²) in [7, 11) is 0. The minimum absolute atomic E-state index is 0.139. The smallest absolute Gasteiger partial charge is 0.242 e. The average molecular weight is 332 g/mol. The molecule has 23 heavy (non-hydrogen) atoms. The van der Waals surface area contributed by atoms with Crippen molar-refractivity contribution >= 4 is 17.5 Å².